The summed E-state index contributed by atoms with van der Waals surface area (Å²) in [5.41, 5.74) is 10.1. The van der Waals surface area contributed by atoms with Gasteiger partial charge in [-0.05, 0) is 35.9 Å². The van der Waals surface area contributed by atoms with Crippen LogP contribution in [0.5, 0.6) is 5.75 Å². The Bertz CT molecular complexity index is 1100. The molecule has 0 spiro atoms. The van der Waals surface area contributed by atoms with Crippen molar-refractivity contribution in [1.29, 1.82) is 0 Å². The normalized spacial score (nSPS) is 11.2. The van der Waals surface area contributed by atoms with Gasteiger partial charge in [0.25, 0.3) is 0 Å². The van der Waals surface area contributed by atoms with Crippen molar-refractivity contribution in [3.8, 4) is 5.75 Å². The topological polar surface area (TPSA) is 69.2 Å². The van der Waals surface area contributed by atoms with Gasteiger partial charge in [-0.2, -0.15) is 5.10 Å². The minimum atomic E-state index is 0.494. The summed E-state index contributed by atoms with van der Waals surface area (Å²) in [4.78, 5) is 6.87. The number of nitrogens with two attached hydrogens (primary N) is 1. The molecule has 2 heterocycles. The van der Waals surface area contributed by atoms with E-state index >= 15 is 0 Å². The number of nitrogen functional groups attached to an aromatic ring is 1. The van der Waals surface area contributed by atoms with Gasteiger partial charge in [-0.25, -0.2) is 9.67 Å². The number of rotatable bonds is 4. The average Bonchev–Trinajstić information content (AvgIpc) is 2.94. The van der Waals surface area contributed by atoms with Crippen molar-refractivity contribution in [3.63, 3.8) is 0 Å². The number of ether oxygens (including phenoxy) is 1. The van der Waals surface area contributed by atoms with Crippen LogP contribution in [-0.4, -0.2) is 36.0 Å². The fourth-order valence-corrected chi connectivity index (χ4v) is 3.10. The molecule has 6 heteroatoms. The van der Waals surface area contributed by atoms with Crippen molar-refractivity contribution in [2.45, 2.75) is 6.54 Å². The van der Waals surface area contributed by atoms with Crippen LogP contribution in [0, 0.1) is 0 Å². The van der Waals surface area contributed by atoms with Gasteiger partial charge < -0.3 is 15.4 Å². The van der Waals surface area contributed by atoms with Gasteiger partial charge in [0.05, 0.1) is 24.6 Å². The fourth-order valence-electron chi connectivity index (χ4n) is 3.10. The van der Waals surface area contributed by atoms with Crippen molar-refractivity contribution in [3.05, 3.63) is 54.1 Å². The molecular formula is C20H21N5O. The first-order chi connectivity index (χ1) is 12.5. The molecule has 0 aliphatic rings. The predicted molar refractivity (Wildman–Crippen MR) is 106 cm³/mol. The van der Waals surface area contributed by atoms with Crippen LogP contribution >= 0.6 is 0 Å². The first-order valence-corrected chi connectivity index (χ1v) is 8.42. The van der Waals surface area contributed by atoms with Gasteiger partial charge in [-0.15, -0.1) is 0 Å². The van der Waals surface area contributed by atoms with Crippen molar-refractivity contribution in [1.82, 2.24) is 14.8 Å². The Hall–Kier alpha value is -3.28. The Balaban J connectivity index is 1.82. The lowest BCUT2D eigenvalue weighted by Crippen LogP contribution is -2.09. The maximum absolute atomic E-state index is 6.15. The molecule has 132 valence electrons. The summed E-state index contributed by atoms with van der Waals surface area (Å²) in [6.45, 7) is 0.609. The second-order valence-corrected chi connectivity index (χ2v) is 6.53. The van der Waals surface area contributed by atoms with Crippen LogP contribution in [0.25, 0.3) is 21.9 Å². The highest BCUT2D eigenvalue weighted by atomic mass is 16.5. The van der Waals surface area contributed by atoms with Crippen molar-refractivity contribution >= 4 is 33.4 Å². The number of hydrogen-bond donors (Lipinski definition) is 1. The molecule has 2 aromatic carbocycles. The number of benzene rings is 2. The molecular weight excluding hydrogens is 326 g/mol. The molecule has 0 aliphatic heterocycles. The molecule has 0 radical (unpaired) electrons. The molecule has 0 amide bonds. The van der Waals surface area contributed by atoms with Gasteiger partial charge in [0, 0.05) is 31.2 Å². The summed E-state index contributed by atoms with van der Waals surface area (Å²) in [5, 5.41) is 6.39. The van der Waals surface area contributed by atoms with Crippen LogP contribution in [0.4, 0.5) is 11.5 Å². The molecule has 2 aromatic heterocycles. The second-order valence-electron chi connectivity index (χ2n) is 6.53. The zero-order valence-corrected chi connectivity index (χ0v) is 15.1. The summed E-state index contributed by atoms with van der Waals surface area (Å²) in [7, 11) is 5.71. The summed E-state index contributed by atoms with van der Waals surface area (Å²) in [6.07, 6.45) is 0. The zero-order valence-electron chi connectivity index (χ0n) is 15.1. The number of aromatic nitrogens is 3. The first-order valence-electron chi connectivity index (χ1n) is 8.42. The van der Waals surface area contributed by atoms with Gasteiger partial charge in [0.2, 0.25) is 0 Å². The van der Waals surface area contributed by atoms with E-state index in [0.717, 1.165) is 38.9 Å². The van der Waals surface area contributed by atoms with Gasteiger partial charge in [-0.3, -0.25) is 0 Å². The SMILES string of the molecule is COc1ccc2cc3c(N)nn(Cc4cccc(N(C)C)c4)c3nc2c1. The molecule has 4 rings (SSSR count). The molecule has 0 saturated heterocycles. The van der Waals surface area contributed by atoms with Crippen LogP contribution in [-0.2, 0) is 6.54 Å². The maximum Gasteiger partial charge on any atom is 0.160 e. The number of anilines is 2. The van der Waals surface area contributed by atoms with E-state index in [4.69, 9.17) is 15.5 Å². The van der Waals surface area contributed by atoms with Crippen molar-refractivity contribution in [2.24, 2.45) is 0 Å². The Kier molecular flexibility index (Phi) is 3.88. The van der Waals surface area contributed by atoms with E-state index in [2.05, 4.69) is 28.2 Å². The van der Waals surface area contributed by atoms with Gasteiger partial charge in [0.1, 0.15) is 5.75 Å². The van der Waals surface area contributed by atoms with Gasteiger partial charge in [0.15, 0.2) is 11.5 Å². The number of pyridine rings is 1. The van der Waals surface area contributed by atoms with Gasteiger partial charge >= 0.3 is 0 Å². The first kappa shape index (κ1) is 16.2. The van der Waals surface area contributed by atoms with Gasteiger partial charge in [-0.1, -0.05) is 12.1 Å². The smallest absolute Gasteiger partial charge is 0.160 e. The van der Waals surface area contributed by atoms with E-state index < -0.39 is 0 Å². The molecule has 0 aliphatic carbocycles. The second kappa shape index (κ2) is 6.22. The highest BCUT2D eigenvalue weighted by molar-refractivity contribution is 5.96. The Morgan fingerprint density at radius 3 is 2.73 bits per heavy atom. The quantitative estimate of drug-likeness (QED) is 0.613. The average molecular weight is 347 g/mol. The van der Waals surface area contributed by atoms with Crippen LogP contribution in [0.3, 0.4) is 0 Å². The van der Waals surface area contributed by atoms with Crippen LogP contribution in [0.15, 0.2) is 48.5 Å². The van der Waals surface area contributed by atoms with Crippen LogP contribution < -0.4 is 15.4 Å². The molecule has 0 unspecified atom stereocenters. The molecule has 0 fully saturated rings. The van der Waals surface area contributed by atoms with E-state index in [1.54, 1.807) is 7.11 Å². The van der Waals surface area contributed by atoms with Crippen LogP contribution in [0.2, 0.25) is 0 Å². The minimum Gasteiger partial charge on any atom is -0.497 e. The number of methoxy groups -OCH3 is 1. The van der Waals surface area contributed by atoms with E-state index in [-0.39, 0.29) is 0 Å². The highest BCUT2D eigenvalue weighted by Gasteiger charge is 2.12. The Labute approximate surface area is 151 Å². The van der Waals surface area contributed by atoms with E-state index in [9.17, 15) is 0 Å². The molecule has 2 N–H and O–H groups in total. The molecule has 0 atom stereocenters. The summed E-state index contributed by atoms with van der Waals surface area (Å²) in [5.74, 6) is 1.27. The molecule has 26 heavy (non-hydrogen) atoms. The summed E-state index contributed by atoms with van der Waals surface area (Å²) >= 11 is 0. The molecule has 0 saturated carbocycles. The highest BCUT2D eigenvalue weighted by Crippen LogP contribution is 2.27. The van der Waals surface area contributed by atoms with E-state index in [1.807, 2.05) is 49.1 Å². The summed E-state index contributed by atoms with van der Waals surface area (Å²) in [6, 6.07) is 16.2. The standard InChI is InChI=1S/C20H21N5O/c1-24(2)15-6-4-5-13(9-15)12-25-20-17(19(21)23-25)10-14-7-8-16(26-3)11-18(14)22-20/h4-11H,12H2,1-3H3,(H2,21,23). The van der Waals surface area contributed by atoms with Crippen molar-refractivity contribution < 1.29 is 4.74 Å². The third kappa shape index (κ3) is 2.79. The van der Waals surface area contributed by atoms with E-state index in [1.165, 1.54) is 0 Å². The minimum absolute atomic E-state index is 0.494. The molecule has 0 bridgehead atoms. The lowest BCUT2D eigenvalue weighted by molar-refractivity contribution is 0.415. The third-order valence-electron chi connectivity index (χ3n) is 4.51. The predicted octanol–water partition coefficient (Wildman–Crippen LogP) is 3.29. The Morgan fingerprint density at radius 2 is 1.96 bits per heavy atom. The lowest BCUT2D eigenvalue weighted by atomic mass is 10.1. The largest absolute Gasteiger partial charge is 0.497 e. The monoisotopic (exact) mass is 347 g/mol. The Morgan fingerprint density at radius 1 is 1.12 bits per heavy atom. The number of hydrogen-bond acceptors (Lipinski definition) is 5. The number of fused-ring (bicyclic) bond motifs is 2. The number of nitrogens with zero attached hydrogens (tertiary/aromatic N) is 4. The third-order valence-corrected chi connectivity index (χ3v) is 4.51. The maximum atomic E-state index is 6.15. The molecule has 6 nitrogen and oxygen atoms in total. The zero-order chi connectivity index (χ0) is 18.3. The van der Waals surface area contributed by atoms with E-state index in [0.29, 0.717) is 12.4 Å². The van der Waals surface area contributed by atoms with Crippen LogP contribution in [0.1, 0.15) is 5.56 Å². The summed E-state index contributed by atoms with van der Waals surface area (Å²) < 4.78 is 7.17. The molecule has 4 aromatic rings. The lowest BCUT2D eigenvalue weighted by Gasteiger charge is -2.13. The fraction of sp³-hybridized carbons (Fsp3) is 0.200. The van der Waals surface area contributed by atoms with Crippen molar-refractivity contribution in [2.75, 3.05) is 31.8 Å².